The number of carbonyl (C=O) groups excluding carboxylic acids is 2. The van der Waals surface area contributed by atoms with Crippen LogP contribution in [0.1, 0.15) is 6.92 Å². The van der Waals surface area contributed by atoms with Crippen LogP contribution in [0.4, 0.5) is 4.79 Å². The third kappa shape index (κ3) is 6.74. The summed E-state index contributed by atoms with van der Waals surface area (Å²) < 4.78 is 4.30. The number of rotatable bonds is 2. The van der Waals surface area contributed by atoms with E-state index >= 15 is 0 Å². The normalized spacial score (nSPS) is 8.11. The fraction of sp³-hybridized carbons (Fsp3) is 0.500. The first-order valence-electron chi connectivity index (χ1n) is 2.29. The molecule has 0 radical (unpaired) electrons. The Labute approximate surface area is 52.2 Å². The Hall–Kier alpha value is -1.26. The van der Waals surface area contributed by atoms with E-state index in [0.29, 0.717) is 0 Å². The summed E-state index contributed by atoms with van der Waals surface area (Å²) >= 11 is 0. The average molecular weight is 132 g/mol. The molecule has 5 nitrogen and oxygen atoms in total. The van der Waals surface area contributed by atoms with Crippen molar-refractivity contribution in [3.63, 3.8) is 0 Å². The van der Waals surface area contributed by atoms with Gasteiger partial charge in [0.2, 0.25) is 0 Å². The van der Waals surface area contributed by atoms with Crippen LogP contribution in [0.3, 0.4) is 0 Å². The van der Waals surface area contributed by atoms with E-state index in [1.165, 1.54) is 6.92 Å². The standard InChI is InChI=1S/C4H8N2O3/c1-3(7)9-2-6-4(5)8/h2H2,1H3,(H3,5,6,8). The van der Waals surface area contributed by atoms with Crippen LogP contribution in [0.2, 0.25) is 0 Å². The Morgan fingerprint density at radius 2 is 2.22 bits per heavy atom. The van der Waals surface area contributed by atoms with Crippen LogP contribution in [0, 0.1) is 0 Å². The van der Waals surface area contributed by atoms with Gasteiger partial charge in [-0.1, -0.05) is 0 Å². The molecule has 0 aliphatic heterocycles. The Morgan fingerprint density at radius 1 is 1.67 bits per heavy atom. The topological polar surface area (TPSA) is 81.4 Å². The molecule has 0 aromatic heterocycles. The number of nitrogens with one attached hydrogen (secondary N) is 1. The third-order valence-corrected chi connectivity index (χ3v) is 0.522. The molecule has 0 aliphatic rings. The van der Waals surface area contributed by atoms with Gasteiger partial charge in [-0.25, -0.2) is 4.79 Å². The number of carbonyl (C=O) groups is 2. The molecule has 0 saturated heterocycles. The van der Waals surface area contributed by atoms with Gasteiger partial charge in [0.15, 0.2) is 6.73 Å². The van der Waals surface area contributed by atoms with Crippen molar-refractivity contribution in [1.82, 2.24) is 5.32 Å². The molecule has 0 unspecified atom stereocenters. The van der Waals surface area contributed by atoms with Crippen molar-refractivity contribution in [1.29, 1.82) is 0 Å². The van der Waals surface area contributed by atoms with E-state index in [-0.39, 0.29) is 6.73 Å². The Morgan fingerprint density at radius 3 is 2.56 bits per heavy atom. The molecule has 0 aliphatic carbocycles. The SMILES string of the molecule is CC(=O)OCNC(N)=O. The lowest BCUT2D eigenvalue weighted by Gasteiger charge is -1.99. The number of hydrogen-bond donors (Lipinski definition) is 2. The monoisotopic (exact) mass is 132 g/mol. The fourth-order valence-corrected chi connectivity index (χ4v) is 0.209. The number of amides is 2. The quantitative estimate of drug-likeness (QED) is 0.380. The first-order valence-corrected chi connectivity index (χ1v) is 2.29. The van der Waals surface area contributed by atoms with Crippen LogP contribution >= 0.6 is 0 Å². The maximum absolute atomic E-state index is 10.0. The second-order valence-electron chi connectivity index (χ2n) is 1.32. The van der Waals surface area contributed by atoms with Crippen LogP contribution in [0.15, 0.2) is 0 Å². The summed E-state index contributed by atoms with van der Waals surface area (Å²) in [6, 6.07) is -0.712. The highest BCUT2D eigenvalue weighted by Gasteiger charge is 1.91. The summed E-state index contributed by atoms with van der Waals surface area (Å²) in [4.78, 5) is 19.9. The van der Waals surface area contributed by atoms with Crippen molar-refractivity contribution < 1.29 is 14.3 Å². The van der Waals surface area contributed by atoms with Crippen LogP contribution in [0.25, 0.3) is 0 Å². The van der Waals surface area contributed by atoms with E-state index in [1.54, 1.807) is 0 Å². The molecule has 2 amide bonds. The number of primary amides is 1. The lowest BCUT2D eigenvalue weighted by atomic mass is 10.8. The third-order valence-electron chi connectivity index (χ3n) is 0.522. The minimum atomic E-state index is -0.712. The highest BCUT2D eigenvalue weighted by molar-refractivity contribution is 5.72. The van der Waals surface area contributed by atoms with Crippen molar-refractivity contribution in [3.8, 4) is 0 Å². The number of nitrogens with two attached hydrogens (primary N) is 1. The molecular weight excluding hydrogens is 124 g/mol. The van der Waals surface area contributed by atoms with Gasteiger partial charge in [0.25, 0.3) is 0 Å². The summed E-state index contributed by atoms with van der Waals surface area (Å²) in [5.41, 5.74) is 4.64. The van der Waals surface area contributed by atoms with Gasteiger partial charge >= 0.3 is 12.0 Å². The van der Waals surface area contributed by atoms with E-state index in [4.69, 9.17) is 0 Å². The second-order valence-corrected chi connectivity index (χ2v) is 1.32. The molecular formula is C4H8N2O3. The van der Waals surface area contributed by atoms with Gasteiger partial charge in [-0.05, 0) is 0 Å². The van der Waals surface area contributed by atoms with Crippen LogP contribution in [-0.2, 0) is 9.53 Å². The van der Waals surface area contributed by atoms with Crippen LogP contribution in [0.5, 0.6) is 0 Å². The lowest BCUT2D eigenvalue weighted by molar-refractivity contribution is -0.141. The molecule has 0 spiro atoms. The zero-order valence-electron chi connectivity index (χ0n) is 5.01. The Bertz CT molecular complexity index is 109. The molecule has 52 valence electrons. The van der Waals surface area contributed by atoms with Crippen molar-refractivity contribution in [2.75, 3.05) is 6.73 Å². The first kappa shape index (κ1) is 7.74. The number of ether oxygens (including phenoxy) is 1. The minimum Gasteiger partial charge on any atom is -0.445 e. The van der Waals surface area contributed by atoms with Gasteiger partial charge in [0.1, 0.15) is 0 Å². The van der Waals surface area contributed by atoms with E-state index < -0.39 is 12.0 Å². The zero-order valence-corrected chi connectivity index (χ0v) is 5.01. The summed E-state index contributed by atoms with van der Waals surface area (Å²) in [5, 5.41) is 2.07. The first-order chi connectivity index (χ1) is 4.13. The van der Waals surface area contributed by atoms with Gasteiger partial charge < -0.3 is 15.8 Å². The van der Waals surface area contributed by atoms with E-state index in [1.807, 2.05) is 0 Å². The second kappa shape index (κ2) is 3.71. The summed E-state index contributed by atoms with van der Waals surface area (Å²) in [5.74, 6) is -0.455. The van der Waals surface area contributed by atoms with Gasteiger partial charge in [-0.3, -0.25) is 4.79 Å². The molecule has 0 aromatic rings. The number of esters is 1. The predicted molar refractivity (Wildman–Crippen MR) is 29.4 cm³/mol. The predicted octanol–water partition coefficient (Wildman–Crippen LogP) is -0.825. The molecule has 0 bridgehead atoms. The smallest absolute Gasteiger partial charge is 0.314 e. The molecule has 0 heterocycles. The van der Waals surface area contributed by atoms with Crippen LogP contribution in [-0.4, -0.2) is 18.7 Å². The fourth-order valence-electron chi connectivity index (χ4n) is 0.209. The van der Waals surface area contributed by atoms with Gasteiger partial charge in [0.05, 0.1) is 0 Å². The van der Waals surface area contributed by atoms with Crippen molar-refractivity contribution in [2.45, 2.75) is 6.92 Å². The average Bonchev–Trinajstić information content (AvgIpc) is 1.63. The van der Waals surface area contributed by atoms with Gasteiger partial charge in [-0.2, -0.15) is 0 Å². The summed E-state index contributed by atoms with van der Waals surface area (Å²) in [7, 11) is 0. The van der Waals surface area contributed by atoms with Gasteiger partial charge in [-0.15, -0.1) is 0 Å². The van der Waals surface area contributed by atoms with E-state index in [9.17, 15) is 9.59 Å². The van der Waals surface area contributed by atoms with Gasteiger partial charge in [0, 0.05) is 6.92 Å². The summed E-state index contributed by atoms with van der Waals surface area (Å²) in [6.45, 7) is 1.08. The van der Waals surface area contributed by atoms with Crippen molar-refractivity contribution >= 4 is 12.0 Å². The maximum Gasteiger partial charge on any atom is 0.314 e. The Kier molecular flexibility index (Phi) is 3.19. The molecule has 0 atom stereocenters. The Balaban J connectivity index is 3.10. The lowest BCUT2D eigenvalue weighted by Crippen LogP contribution is -2.31. The largest absolute Gasteiger partial charge is 0.445 e. The maximum atomic E-state index is 10.0. The molecule has 3 N–H and O–H groups in total. The highest BCUT2D eigenvalue weighted by Crippen LogP contribution is 1.69. The minimum absolute atomic E-state index is 0.162. The van der Waals surface area contributed by atoms with E-state index in [2.05, 4.69) is 15.8 Å². The van der Waals surface area contributed by atoms with Crippen LogP contribution < -0.4 is 11.1 Å². The molecule has 0 saturated carbocycles. The molecule has 9 heavy (non-hydrogen) atoms. The van der Waals surface area contributed by atoms with E-state index in [0.717, 1.165) is 0 Å². The zero-order chi connectivity index (χ0) is 7.28. The molecule has 0 rings (SSSR count). The van der Waals surface area contributed by atoms with Crippen molar-refractivity contribution in [3.05, 3.63) is 0 Å². The highest BCUT2D eigenvalue weighted by atomic mass is 16.5. The molecule has 0 fully saturated rings. The molecule has 5 heteroatoms. The summed E-state index contributed by atoms with van der Waals surface area (Å²) in [6.07, 6.45) is 0. The van der Waals surface area contributed by atoms with Crippen molar-refractivity contribution in [2.24, 2.45) is 5.73 Å². The number of hydrogen-bond acceptors (Lipinski definition) is 3. The molecule has 0 aromatic carbocycles. The number of urea groups is 1.